The lowest BCUT2D eigenvalue weighted by Crippen LogP contribution is -2.31. The van der Waals surface area contributed by atoms with E-state index in [0.29, 0.717) is 11.3 Å². The Morgan fingerprint density at radius 1 is 1.11 bits per heavy atom. The van der Waals surface area contributed by atoms with Crippen molar-refractivity contribution in [1.29, 1.82) is 0 Å². The number of Topliss-reactive ketones (excluding diaryl/α,β-unsaturated/α-hetero) is 1. The van der Waals surface area contributed by atoms with E-state index in [0.717, 1.165) is 5.56 Å². The number of benzene rings is 2. The van der Waals surface area contributed by atoms with Gasteiger partial charge in [-0.15, -0.1) is 0 Å². The minimum atomic E-state index is -0.785. The number of carbonyl (C=O) groups is 2. The number of amides is 1. The SMILES string of the molecule is Cc1ccc(N2C(=O)C(O)=C(C(=O)CC(C)C)C2c2ccc(F)cc2)cc1. The predicted octanol–water partition coefficient (Wildman–Crippen LogP) is 4.65. The number of halogens is 1. The molecule has 1 N–H and O–H groups in total. The summed E-state index contributed by atoms with van der Waals surface area (Å²) in [4.78, 5) is 27.1. The fourth-order valence-electron chi connectivity index (χ4n) is 3.30. The Balaban J connectivity index is 2.13. The lowest BCUT2D eigenvalue weighted by molar-refractivity contribution is -0.118. The number of hydrogen-bond acceptors (Lipinski definition) is 3. The van der Waals surface area contributed by atoms with E-state index in [1.165, 1.54) is 29.2 Å². The first kappa shape index (κ1) is 18.8. The molecule has 0 aromatic heterocycles. The summed E-state index contributed by atoms with van der Waals surface area (Å²) >= 11 is 0. The molecule has 1 aliphatic rings. The summed E-state index contributed by atoms with van der Waals surface area (Å²) < 4.78 is 13.4. The standard InChI is InChI=1S/C22H22FNO3/c1-13(2)12-18(25)19-20(15-6-8-16(23)9-7-15)24(22(27)21(19)26)17-10-4-14(3)5-11-17/h4-11,13,20,26H,12H2,1-3H3. The molecular weight excluding hydrogens is 345 g/mol. The van der Waals surface area contributed by atoms with E-state index >= 15 is 0 Å². The van der Waals surface area contributed by atoms with Crippen LogP contribution in [0.25, 0.3) is 0 Å². The molecule has 4 nitrogen and oxygen atoms in total. The molecule has 27 heavy (non-hydrogen) atoms. The average molecular weight is 367 g/mol. The molecule has 0 fully saturated rings. The Morgan fingerprint density at radius 3 is 2.26 bits per heavy atom. The van der Waals surface area contributed by atoms with Gasteiger partial charge in [-0.05, 0) is 42.7 Å². The van der Waals surface area contributed by atoms with Crippen molar-refractivity contribution in [1.82, 2.24) is 0 Å². The Bertz CT molecular complexity index is 898. The molecule has 2 aromatic carbocycles. The van der Waals surface area contributed by atoms with Gasteiger partial charge < -0.3 is 5.11 Å². The second kappa shape index (κ2) is 7.35. The van der Waals surface area contributed by atoms with E-state index in [-0.39, 0.29) is 23.7 Å². The van der Waals surface area contributed by atoms with Gasteiger partial charge in [0.15, 0.2) is 11.5 Å². The Labute approximate surface area is 157 Å². The molecule has 5 heteroatoms. The monoisotopic (exact) mass is 367 g/mol. The number of aliphatic hydroxyl groups is 1. The molecule has 1 unspecified atom stereocenters. The highest BCUT2D eigenvalue weighted by Crippen LogP contribution is 2.41. The molecule has 1 atom stereocenters. The van der Waals surface area contributed by atoms with Crippen molar-refractivity contribution in [2.24, 2.45) is 5.92 Å². The molecule has 0 saturated carbocycles. The van der Waals surface area contributed by atoms with Gasteiger partial charge in [-0.1, -0.05) is 43.7 Å². The summed E-state index contributed by atoms with van der Waals surface area (Å²) in [5.74, 6) is -1.76. The predicted molar refractivity (Wildman–Crippen MR) is 102 cm³/mol. The van der Waals surface area contributed by atoms with Crippen LogP contribution in [0.1, 0.15) is 37.4 Å². The van der Waals surface area contributed by atoms with Crippen molar-refractivity contribution in [3.8, 4) is 0 Å². The molecular formula is C22H22FNO3. The lowest BCUT2D eigenvalue weighted by Gasteiger charge is -2.27. The summed E-state index contributed by atoms with van der Waals surface area (Å²) in [7, 11) is 0. The Kier molecular flexibility index (Phi) is 5.13. The summed E-state index contributed by atoms with van der Waals surface area (Å²) in [5.41, 5.74) is 2.23. The van der Waals surface area contributed by atoms with E-state index in [1.54, 1.807) is 12.1 Å². The average Bonchev–Trinajstić information content (AvgIpc) is 2.87. The Morgan fingerprint density at radius 2 is 1.70 bits per heavy atom. The summed E-state index contributed by atoms with van der Waals surface area (Å²) in [5, 5.41) is 10.5. The fourth-order valence-corrected chi connectivity index (χ4v) is 3.30. The summed E-state index contributed by atoms with van der Waals surface area (Å²) in [6.07, 6.45) is 0.214. The van der Waals surface area contributed by atoms with Crippen LogP contribution in [0.2, 0.25) is 0 Å². The number of ketones is 1. The van der Waals surface area contributed by atoms with Crippen LogP contribution >= 0.6 is 0 Å². The number of aryl methyl sites for hydroxylation is 1. The first-order valence-corrected chi connectivity index (χ1v) is 8.91. The zero-order valence-electron chi connectivity index (χ0n) is 15.6. The maximum absolute atomic E-state index is 13.4. The van der Waals surface area contributed by atoms with Gasteiger partial charge in [0.05, 0.1) is 11.6 Å². The van der Waals surface area contributed by atoms with Gasteiger partial charge in [-0.3, -0.25) is 14.5 Å². The molecule has 0 spiro atoms. The van der Waals surface area contributed by atoms with Crippen LogP contribution in [-0.4, -0.2) is 16.8 Å². The number of carbonyl (C=O) groups excluding carboxylic acids is 2. The fraction of sp³-hybridized carbons (Fsp3) is 0.273. The zero-order chi connectivity index (χ0) is 19.7. The Hall–Kier alpha value is -2.95. The lowest BCUT2D eigenvalue weighted by atomic mass is 9.92. The van der Waals surface area contributed by atoms with Gasteiger partial charge in [0.1, 0.15) is 5.82 Å². The summed E-state index contributed by atoms with van der Waals surface area (Å²) in [6, 6.07) is 12.1. The molecule has 2 aromatic rings. The normalized spacial score (nSPS) is 17.1. The first-order chi connectivity index (χ1) is 12.8. The van der Waals surface area contributed by atoms with Crippen LogP contribution < -0.4 is 4.90 Å². The second-order valence-electron chi connectivity index (χ2n) is 7.25. The van der Waals surface area contributed by atoms with Crippen LogP contribution in [-0.2, 0) is 9.59 Å². The third-order valence-corrected chi connectivity index (χ3v) is 4.60. The van der Waals surface area contributed by atoms with Gasteiger partial charge in [-0.25, -0.2) is 4.39 Å². The topological polar surface area (TPSA) is 57.6 Å². The van der Waals surface area contributed by atoms with Crippen LogP contribution in [0.5, 0.6) is 0 Å². The largest absolute Gasteiger partial charge is 0.503 e. The van der Waals surface area contributed by atoms with Crippen LogP contribution in [0.4, 0.5) is 10.1 Å². The molecule has 1 heterocycles. The number of aliphatic hydroxyl groups excluding tert-OH is 1. The van der Waals surface area contributed by atoms with Gasteiger partial charge in [0.2, 0.25) is 0 Å². The third kappa shape index (κ3) is 3.63. The van der Waals surface area contributed by atoms with Crippen LogP contribution in [0, 0.1) is 18.7 Å². The summed E-state index contributed by atoms with van der Waals surface area (Å²) in [6.45, 7) is 5.73. The number of anilines is 1. The third-order valence-electron chi connectivity index (χ3n) is 4.60. The molecule has 3 rings (SSSR count). The highest BCUT2D eigenvalue weighted by Gasteiger charge is 2.44. The van der Waals surface area contributed by atoms with Gasteiger partial charge >= 0.3 is 0 Å². The van der Waals surface area contributed by atoms with Gasteiger partial charge in [-0.2, -0.15) is 0 Å². The minimum Gasteiger partial charge on any atom is -0.503 e. The highest BCUT2D eigenvalue weighted by atomic mass is 19.1. The molecule has 0 saturated heterocycles. The van der Waals surface area contributed by atoms with Crippen molar-refractivity contribution >= 4 is 17.4 Å². The molecule has 140 valence electrons. The quantitative estimate of drug-likeness (QED) is 0.837. The maximum atomic E-state index is 13.4. The van der Waals surface area contributed by atoms with E-state index in [4.69, 9.17) is 0 Å². The van der Waals surface area contributed by atoms with Gasteiger partial charge in [0.25, 0.3) is 5.91 Å². The molecule has 0 bridgehead atoms. The number of hydrogen-bond donors (Lipinski definition) is 1. The number of rotatable bonds is 5. The molecule has 1 amide bonds. The maximum Gasteiger partial charge on any atom is 0.294 e. The zero-order valence-corrected chi connectivity index (χ0v) is 15.6. The van der Waals surface area contributed by atoms with Crippen molar-refractivity contribution in [3.63, 3.8) is 0 Å². The smallest absolute Gasteiger partial charge is 0.294 e. The first-order valence-electron chi connectivity index (χ1n) is 8.91. The van der Waals surface area contributed by atoms with Crippen LogP contribution in [0.15, 0.2) is 59.9 Å². The van der Waals surface area contributed by atoms with E-state index in [2.05, 4.69) is 0 Å². The van der Waals surface area contributed by atoms with Crippen LogP contribution in [0.3, 0.4) is 0 Å². The van der Waals surface area contributed by atoms with Gasteiger partial charge in [0, 0.05) is 12.1 Å². The minimum absolute atomic E-state index is 0.0703. The molecule has 1 aliphatic heterocycles. The van der Waals surface area contributed by atoms with Crippen molar-refractivity contribution in [3.05, 3.63) is 76.8 Å². The van der Waals surface area contributed by atoms with E-state index in [9.17, 15) is 19.1 Å². The number of nitrogens with zero attached hydrogens (tertiary/aromatic N) is 1. The second-order valence-corrected chi connectivity index (χ2v) is 7.25. The van der Waals surface area contributed by atoms with E-state index in [1.807, 2.05) is 32.9 Å². The van der Waals surface area contributed by atoms with Crippen molar-refractivity contribution < 1.29 is 19.1 Å². The van der Waals surface area contributed by atoms with E-state index < -0.39 is 23.5 Å². The van der Waals surface area contributed by atoms with Crippen molar-refractivity contribution in [2.45, 2.75) is 33.2 Å². The van der Waals surface area contributed by atoms with Crippen molar-refractivity contribution in [2.75, 3.05) is 4.90 Å². The molecule has 0 aliphatic carbocycles. The molecule has 0 radical (unpaired) electrons. The highest BCUT2D eigenvalue weighted by molar-refractivity contribution is 6.16.